The summed E-state index contributed by atoms with van der Waals surface area (Å²) >= 11 is 1.72. The van der Waals surface area contributed by atoms with E-state index < -0.39 is 0 Å². The van der Waals surface area contributed by atoms with Crippen LogP contribution in [0.25, 0.3) is 10.9 Å². The number of hydrogen-bond acceptors (Lipinski definition) is 2. The van der Waals surface area contributed by atoms with Crippen LogP contribution in [-0.4, -0.2) is 29.1 Å². The lowest BCUT2D eigenvalue weighted by molar-refractivity contribution is -0.129. The van der Waals surface area contributed by atoms with Crippen molar-refractivity contribution in [3.63, 3.8) is 0 Å². The molecule has 3 rings (SSSR count). The van der Waals surface area contributed by atoms with Crippen molar-refractivity contribution in [2.24, 2.45) is 0 Å². The van der Waals surface area contributed by atoms with E-state index in [0.717, 1.165) is 27.7 Å². The molecule has 0 bridgehead atoms. The summed E-state index contributed by atoms with van der Waals surface area (Å²) in [5, 5.41) is 1.14. The van der Waals surface area contributed by atoms with Gasteiger partial charge >= 0.3 is 0 Å². The molecule has 124 valence electrons. The van der Waals surface area contributed by atoms with Gasteiger partial charge in [0, 0.05) is 35.1 Å². The lowest BCUT2D eigenvalue weighted by atomic mass is 10.1. The van der Waals surface area contributed by atoms with Crippen LogP contribution in [0.3, 0.4) is 0 Å². The molecule has 0 spiro atoms. The molecule has 0 saturated heterocycles. The number of nitrogens with one attached hydrogen (secondary N) is 1. The van der Waals surface area contributed by atoms with Gasteiger partial charge in [0.25, 0.3) is 0 Å². The van der Waals surface area contributed by atoms with Crippen LogP contribution in [0, 0.1) is 6.92 Å². The van der Waals surface area contributed by atoms with E-state index in [2.05, 4.69) is 41.6 Å². The van der Waals surface area contributed by atoms with Gasteiger partial charge < -0.3 is 9.88 Å². The smallest absolute Gasteiger partial charge is 0.227 e. The van der Waals surface area contributed by atoms with Gasteiger partial charge in [-0.25, -0.2) is 0 Å². The quantitative estimate of drug-likeness (QED) is 0.700. The Morgan fingerprint density at radius 1 is 1.12 bits per heavy atom. The van der Waals surface area contributed by atoms with E-state index in [1.165, 1.54) is 4.90 Å². The third kappa shape index (κ3) is 3.49. The molecule has 0 atom stereocenters. The number of nitrogens with zero attached hydrogens (tertiary/aromatic N) is 1. The van der Waals surface area contributed by atoms with Crippen molar-refractivity contribution in [3.05, 3.63) is 65.4 Å². The molecule has 3 nitrogen and oxygen atoms in total. The number of carbonyl (C=O) groups excluding carboxylic acids is 1. The summed E-state index contributed by atoms with van der Waals surface area (Å²) in [6, 6.07) is 16.5. The number of likely N-dealkylation sites (N-methyl/N-ethyl adjacent to an activating group) is 1. The minimum absolute atomic E-state index is 0.136. The minimum atomic E-state index is 0.136. The van der Waals surface area contributed by atoms with Crippen LogP contribution in [0.2, 0.25) is 0 Å². The number of aryl methyl sites for hydroxylation is 1. The predicted octanol–water partition coefficient (Wildman–Crippen LogP) is 4.40. The van der Waals surface area contributed by atoms with Crippen LogP contribution in [-0.2, 0) is 17.8 Å². The number of fused-ring (bicyclic) bond motifs is 1. The molecular formula is C20H22N2OS. The number of benzene rings is 2. The van der Waals surface area contributed by atoms with E-state index in [-0.39, 0.29) is 5.91 Å². The van der Waals surface area contributed by atoms with E-state index in [0.29, 0.717) is 13.0 Å². The molecule has 0 fully saturated rings. The van der Waals surface area contributed by atoms with E-state index >= 15 is 0 Å². The van der Waals surface area contributed by atoms with Crippen LogP contribution < -0.4 is 0 Å². The molecule has 1 amide bonds. The van der Waals surface area contributed by atoms with Crippen LogP contribution in [0.1, 0.15) is 16.8 Å². The molecule has 0 radical (unpaired) electrons. The van der Waals surface area contributed by atoms with Gasteiger partial charge in [-0.1, -0.05) is 30.3 Å². The van der Waals surface area contributed by atoms with Crippen LogP contribution in [0.15, 0.2) is 53.4 Å². The molecule has 0 aliphatic heterocycles. The molecule has 0 unspecified atom stereocenters. The Morgan fingerprint density at radius 3 is 2.54 bits per heavy atom. The van der Waals surface area contributed by atoms with Crippen molar-refractivity contribution in [3.8, 4) is 0 Å². The lowest BCUT2D eigenvalue weighted by Gasteiger charge is -2.17. The Morgan fingerprint density at radius 2 is 1.83 bits per heavy atom. The second kappa shape index (κ2) is 7.14. The number of rotatable bonds is 5. The summed E-state index contributed by atoms with van der Waals surface area (Å²) in [5.74, 6) is 0.136. The summed E-state index contributed by atoms with van der Waals surface area (Å²) in [7, 11) is 1.87. The van der Waals surface area contributed by atoms with Gasteiger partial charge in [0.05, 0.1) is 6.42 Å². The predicted molar refractivity (Wildman–Crippen MR) is 101 cm³/mol. The van der Waals surface area contributed by atoms with Crippen molar-refractivity contribution >= 4 is 28.6 Å². The fraction of sp³-hybridized carbons (Fsp3) is 0.250. The largest absolute Gasteiger partial charge is 0.358 e. The summed E-state index contributed by atoms with van der Waals surface area (Å²) in [5.41, 5.74) is 4.41. The Kier molecular flexibility index (Phi) is 4.95. The Labute approximate surface area is 147 Å². The van der Waals surface area contributed by atoms with Crippen molar-refractivity contribution in [2.45, 2.75) is 24.8 Å². The average Bonchev–Trinajstić information content (AvgIpc) is 2.91. The van der Waals surface area contributed by atoms with Gasteiger partial charge in [0.1, 0.15) is 0 Å². The SMILES string of the molecule is CSc1ccc(CN(C)C(=O)Cc2c(C)[nH]c3ccccc23)cc1. The number of aromatic nitrogens is 1. The number of amides is 1. The first kappa shape index (κ1) is 16.7. The van der Waals surface area contributed by atoms with Gasteiger partial charge in [-0.2, -0.15) is 0 Å². The third-order valence-electron chi connectivity index (χ3n) is 4.36. The standard InChI is InChI=1S/C20H22N2OS/c1-14-18(17-6-4-5-7-19(17)21-14)12-20(23)22(2)13-15-8-10-16(24-3)11-9-15/h4-11,21H,12-13H2,1-3H3. The van der Waals surface area contributed by atoms with Crippen LogP contribution >= 0.6 is 11.8 Å². The number of para-hydroxylation sites is 1. The third-order valence-corrected chi connectivity index (χ3v) is 5.10. The number of H-pyrrole nitrogens is 1. The van der Waals surface area contributed by atoms with E-state index in [4.69, 9.17) is 0 Å². The van der Waals surface area contributed by atoms with E-state index in [9.17, 15) is 4.79 Å². The van der Waals surface area contributed by atoms with Gasteiger partial charge in [-0.05, 0) is 42.5 Å². The van der Waals surface area contributed by atoms with Gasteiger partial charge in [0.2, 0.25) is 5.91 Å². The van der Waals surface area contributed by atoms with E-state index in [1.54, 1.807) is 16.7 Å². The maximum absolute atomic E-state index is 12.6. The van der Waals surface area contributed by atoms with Crippen molar-refractivity contribution in [2.75, 3.05) is 13.3 Å². The molecular weight excluding hydrogens is 316 g/mol. The number of thioether (sulfide) groups is 1. The summed E-state index contributed by atoms with van der Waals surface area (Å²) < 4.78 is 0. The molecule has 4 heteroatoms. The Balaban J connectivity index is 1.72. The highest BCUT2D eigenvalue weighted by Crippen LogP contribution is 2.23. The normalized spacial score (nSPS) is 11.0. The minimum Gasteiger partial charge on any atom is -0.358 e. The number of hydrogen-bond donors (Lipinski definition) is 1. The highest BCUT2D eigenvalue weighted by Gasteiger charge is 2.15. The second-order valence-electron chi connectivity index (χ2n) is 6.05. The monoisotopic (exact) mass is 338 g/mol. The molecule has 1 aromatic heterocycles. The second-order valence-corrected chi connectivity index (χ2v) is 6.93. The maximum atomic E-state index is 12.6. The average molecular weight is 338 g/mol. The fourth-order valence-electron chi connectivity index (χ4n) is 2.94. The molecule has 0 aliphatic rings. The zero-order chi connectivity index (χ0) is 17.1. The van der Waals surface area contributed by atoms with Crippen molar-refractivity contribution in [1.82, 2.24) is 9.88 Å². The van der Waals surface area contributed by atoms with Gasteiger partial charge in [-0.3, -0.25) is 4.79 Å². The molecule has 1 heterocycles. The highest BCUT2D eigenvalue weighted by atomic mass is 32.2. The van der Waals surface area contributed by atoms with Crippen LogP contribution in [0.5, 0.6) is 0 Å². The molecule has 3 aromatic rings. The Hall–Kier alpha value is -2.20. The molecule has 0 saturated carbocycles. The molecule has 0 aliphatic carbocycles. The number of aromatic amines is 1. The Bertz CT molecular complexity index is 852. The fourth-order valence-corrected chi connectivity index (χ4v) is 3.35. The van der Waals surface area contributed by atoms with Gasteiger partial charge in [0.15, 0.2) is 0 Å². The van der Waals surface area contributed by atoms with Crippen molar-refractivity contribution in [1.29, 1.82) is 0 Å². The zero-order valence-corrected chi connectivity index (χ0v) is 15.1. The van der Waals surface area contributed by atoms with Crippen LogP contribution in [0.4, 0.5) is 0 Å². The number of carbonyl (C=O) groups is 1. The first-order valence-electron chi connectivity index (χ1n) is 8.01. The topological polar surface area (TPSA) is 36.1 Å². The van der Waals surface area contributed by atoms with Crippen molar-refractivity contribution < 1.29 is 4.79 Å². The highest BCUT2D eigenvalue weighted by molar-refractivity contribution is 7.98. The summed E-state index contributed by atoms with van der Waals surface area (Å²) in [4.78, 5) is 19.0. The maximum Gasteiger partial charge on any atom is 0.227 e. The molecule has 24 heavy (non-hydrogen) atoms. The zero-order valence-electron chi connectivity index (χ0n) is 14.3. The molecule has 1 N–H and O–H groups in total. The summed E-state index contributed by atoms with van der Waals surface area (Å²) in [6.45, 7) is 2.67. The molecule has 2 aromatic carbocycles. The summed E-state index contributed by atoms with van der Waals surface area (Å²) in [6.07, 6.45) is 2.49. The van der Waals surface area contributed by atoms with Gasteiger partial charge in [-0.15, -0.1) is 11.8 Å². The van der Waals surface area contributed by atoms with E-state index in [1.807, 2.05) is 32.2 Å². The first-order valence-corrected chi connectivity index (χ1v) is 9.24. The first-order chi connectivity index (χ1) is 11.6. The lowest BCUT2D eigenvalue weighted by Crippen LogP contribution is -2.27.